The van der Waals surface area contributed by atoms with Gasteiger partial charge in [0.05, 0.1) is 25.4 Å². The number of nitrogens with one attached hydrogen (secondary N) is 1. The Balaban J connectivity index is 1.58. The van der Waals surface area contributed by atoms with Gasteiger partial charge in [-0.2, -0.15) is 0 Å². The van der Waals surface area contributed by atoms with Crippen LogP contribution in [0, 0.1) is 5.92 Å². The number of carbonyl (C=O) groups is 1. The Hall–Kier alpha value is -2.44. The molecule has 2 heterocycles. The molecule has 4 rings (SSSR count). The quantitative estimate of drug-likeness (QED) is 0.761. The van der Waals surface area contributed by atoms with Gasteiger partial charge in [0.15, 0.2) is 0 Å². The van der Waals surface area contributed by atoms with E-state index in [9.17, 15) is 15.0 Å². The summed E-state index contributed by atoms with van der Waals surface area (Å²) in [5, 5.41) is 22.1. The number of hydrogen-bond donors (Lipinski definition) is 3. The molecule has 1 aliphatic carbocycles. The molecule has 1 amide bonds. The van der Waals surface area contributed by atoms with Gasteiger partial charge in [-0.3, -0.25) is 9.78 Å². The molecule has 1 fully saturated rings. The van der Waals surface area contributed by atoms with Crippen molar-refractivity contribution in [3.8, 4) is 5.75 Å². The Morgan fingerprint density at radius 1 is 1.31 bits per heavy atom. The van der Waals surface area contributed by atoms with Gasteiger partial charge >= 0.3 is 0 Å². The van der Waals surface area contributed by atoms with E-state index in [1.54, 1.807) is 12.1 Å². The number of fused-ring (bicyclic) bond motifs is 1. The molecule has 136 valence electrons. The van der Waals surface area contributed by atoms with Crippen LogP contribution in [0.2, 0.25) is 0 Å². The van der Waals surface area contributed by atoms with Gasteiger partial charge in [-0.05, 0) is 59.7 Å². The van der Waals surface area contributed by atoms with Crippen molar-refractivity contribution in [1.29, 1.82) is 0 Å². The van der Waals surface area contributed by atoms with E-state index in [1.807, 2.05) is 12.1 Å². The van der Waals surface area contributed by atoms with Gasteiger partial charge in [0, 0.05) is 12.6 Å². The molecule has 1 unspecified atom stereocenters. The molecule has 1 aromatic heterocycles. The number of carbonyl (C=O) groups excluding carboxylic acids is 1. The van der Waals surface area contributed by atoms with Crippen molar-refractivity contribution >= 4 is 5.91 Å². The second kappa shape index (κ2) is 7.05. The minimum Gasteiger partial charge on any atom is -0.493 e. The molecule has 0 saturated heterocycles. The lowest BCUT2D eigenvalue weighted by atomic mass is 9.74. The summed E-state index contributed by atoms with van der Waals surface area (Å²) in [7, 11) is 0. The summed E-state index contributed by atoms with van der Waals surface area (Å²) in [6, 6.07) is 9.12. The van der Waals surface area contributed by atoms with Gasteiger partial charge in [0.1, 0.15) is 11.4 Å². The standard InChI is InChI=1S/C20H22N2O4/c23-11-12-3-5-21-17(7-12)20(25)22-19(15-9-16(24)10-15)14-1-2-18-13(8-14)4-6-26-18/h1-3,5,7-8,15-16,19,23-24H,4,6,9-11H2,(H,22,25). The van der Waals surface area contributed by atoms with Crippen LogP contribution in [0.5, 0.6) is 5.75 Å². The molecule has 6 nitrogen and oxygen atoms in total. The van der Waals surface area contributed by atoms with Crippen LogP contribution in [0.15, 0.2) is 36.5 Å². The van der Waals surface area contributed by atoms with Crippen LogP contribution in [-0.2, 0) is 13.0 Å². The predicted octanol–water partition coefficient (Wildman–Crippen LogP) is 1.75. The number of ether oxygens (including phenoxy) is 1. The lowest BCUT2D eigenvalue weighted by Gasteiger charge is -2.38. The molecule has 2 aliphatic rings. The van der Waals surface area contributed by atoms with Crippen molar-refractivity contribution < 1.29 is 19.7 Å². The first-order valence-corrected chi connectivity index (χ1v) is 8.94. The van der Waals surface area contributed by atoms with E-state index in [4.69, 9.17) is 4.74 Å². The minimum absolute atomic E-state index is 0.133. The number of aliphatic hydroxyl groups excluding tert-OH is 2. The molecule has 1 aromatic carbocycles. The molecule has 0 radical (unpaired) electrons. The Labute approximate surface area is 151 Å². The van der Waals surface area contributed by atoms with Crippen LogP contribution < -0.4 is 10.1 Å². The molecule has 26 heavy (non-hydrogen) atoms. The lowest BCUT2D eigenvalue weighted by molar-refractivity contribution is 0.0234. The summed E-state index contributed by atoms with van der Waals surface area (Å²) in [6.45, 7) is 0.557. The maximum atomic E-state index is 12.7. The first-order valence-electron chi connectivity index (χ1n) is 8.94. The van der Waals surface area contributed by atoms with Crippen molar-refractivity contribution in [1.82, 2.24) is 10.3 Å². The maximum Gasteiger partial charge on any atom is 0.270 e. The largest absolute Gasteiger partial charge is 0.493 e. The van der Waals surface area contributed by atoms with Gasteiger partial charge in [0.25, 0.3) is 5.91 Å². The van der Waals surface area contributed by atoms with Crippen molar-refractivity contribution in [3.63, 3.8) is 0 Å². The second-order valence-electron chi connectivity index (χ2n) is 7.01. The molecule has 2 aromatic rings. The highest BCUT2D eigenvalue weighted by Gasteiger charge is 2.36. The van der Waals surface area contributed by atoms with E-state index in [2.05, 4.69) is 16.4 Å². The highest BCUT2D eigenvalue weighted by atomic mass is 16.5. The van der Waals surface area contributed by atoms with Gasteiger partial charge < -0.3 is 20.3 Å². The van der Waals surface area contributed by atoms with Gasteiger partial charge in [-0.1, -0.05) is 6.07 Å². The number of aliphatic hydroxyl groups is 2. The van der Waals surface area contributed by atoms with E-state index in [0.29, 0.717) is 25.0 Å². The zero-order valence-electron chi connectivity index (χ0n) is 14.4. The van der Waals surface area contributed by atoms with Crippen LogP contribution in [0.25, 0.3) is 0 Å². The number of nitrogens with zero attached hydrogens (tertiary/aromatic N) is 1. The molecule has 3 N–H and O–H groups in total. The summed E-state index contributed by atoms with van der Waals surface area (Å²) < 4.78 is 5.57. The topological polar surface area (TPSA) is 91.7 Å². The second-order valence-corrected chi connectivity index (χ2v) is 7.01. The number of hydrogen-bond acceptors (Lipinski definition) is 5. The van der Waals surface area contributed by atoms with E-state index in [0.717, 1.165) is 23.3 Å². The fourth-order valence-electron chi connectivity index (χ4n) is 3.69. The van der Waals surface area contributed by atoms with Crippen molar-refractivity contribution in [2.45, 2.75) is 38.0 Å². The third kappa shape index (κ3) is 3.30. The van der Waals surface area contributed by atoms with Crippen LogP contribution in [0.3, 0.4) is 0 Å². The number of rotatable bonds is 5. The smallest absolute Gasteiger partial charge is 0.270 e. The fourth-order valence-corrected chi connectivity index (χ4v) is 3.69. The van der Waals surface area contributed by atoms with Crippen LogP contribution in [-0.4, -0.2) is 33.8 Å². The molecule has 1 atom stereocenters. The Bertz CT molecular complexity index is 817. The van der Waals surface area contributed by atoms with E-state index >= 15 is 0 Å². The van der Waals surface area contributed by atoms with Crippen LogP contribution in [0.1, 0.15) is 46.1 Å². The Morgan fingerprint density at radius 3 is 2.92 bits per heavy atom. The highest BCUT2D eigenvalue weighted by Crippen LogP contribution is 2.39. The SMILES string of the molecule is O=C(NC(c1ccc2c(c1)CCO2)C1CC(O)C1)c1cc(CO)ccn1. The number of pyridine rings is 1. The first-order chi connectivity index (χ1) is 12.6. The Kier molecular flexibility index (Phi) is 4.61. The molecule has 6 heteroatoms. The average molecular weight is 354 g/mol. The van der Waals surface area contributed by atoms with Gasteiger partial charge in [-0.25, -0.2) is 0 Å². The molecular weight excluding hydrogens is 332 g/mol. The van der Waals surface area contributed by atoms with E-state index < -0.39 is 0 Å². The molecule has 0 spiro atoms. The van der Waals surface area contributed by atoms with Gasteiger partial charge in [0.2, 0.25) is 0 Å². The van der Waals surface area contributed by atoms with Crippen molar-refractivity contribution in [2.24, 2.45) is 5.92 Å². The van der Waals surface area contributed by atoms with Crippen LogP contribution in [0.4, 0.5) is 0 Å². The highest BCUT2D eigenvalue weighted by molar-refractivity contribution is 5.92. The lowest BCUT2D eigenvalue weighted by Crippen LogP contribution is -2.41. The average Bonchev–Trinajstić information content (AvgIpc) is 3.11. The van der Waals surface area contributed by atoms with E-state index in [1.165, 1.54) is 6.20 Å². The third-order valence-corrected chi connectivity index (χ3v) is 5.22. The summed E-state index contributed by atoms with van der Waals surface area (Å²) in [6.07, 6.45) is 3.44. The third-order valence-electron chi connectivity index (χ3n) is 5.22. The Morgan fingerprint density at radius 2 is 2.15 bits per heavy atom. The number of amides is 1. The molecular formula is C20H22N2O4. The number of aromatic nitrogens is 1. The molecule has 1 aliphatic heterocycles. The van der Waals surface area contributed by atoms with Gasteiger partial charge in [-0.15, -0.1) is 0 Å². The summed E-state index contributed by atoms with van der Waals surface area (Å²) in [5.41, 5.74) is 3.11. The maximum absolute atomic E-state index is 12.7. The monoisotopic (exact) mass is 354 g/mol. The van der Waals surface area contributed by atoms with E-state index in [-0.39, 0.29) is 36.3 Å². The predicted molar refractivity (Wildman–Crippen MR) is 94.7 cm³/mol. The van der Waals surface area contributed by atoms with Crippen molar-refractivity contribution in [3.05, 3.63) is 58.9 Å². The zero-order chi connectivity index (χ0) is 18.1. The normalized spacial score (nSPS) is 22.1. The number of benzene rings is 1. The molecule has 1 saturated carbocycles. The summed E-state index contributed by atoms with van der Waals surface area (Å²) in [5.74, 6) is 0.823. The summed E-state index contributed by atoms with van der Waals surface area (Å²) >= 11 is 0. The zero-order valence-corrected chi connectivity index (χ0v) is 14.4. The summed E-state index contributed by atoms with van der Waals surface area (Å²) in [4.78, 5) is 16.8. The first kappa shape index (κ1) is 17.0. The molecule has 0 bridgehead atoms. The fraction of sp³-hybridized carbons (Fsp3) is 0.400. The minimum atomic E-state index is -0.298. The van der Waals surface area contributed by atoms with Crippen molar-refractivity contribution in [2.75, 3.05) is 6.61 Å². The van der Waals surface area contributed by atoms with Crippen LogP contribution >= 0.6 is 0 Å².